The molecule has 2 amide bonds. The van der Waals surface area contributed by atoms with E-state index >= 15 is 0 Å². The van der Waals surface area contributed by atoms with E-state index in [9.17, 15) is 14.4 Å². The predicted octanol–water partition coefficient (Wildman–Crippen LogP) is -0.141. The van der Waals surface area contributed by atoms with Crippen molar-refractivity contribution in [3.05, 3.63) is 0 Å². The van der Waals surface area contributed by atoms with Gasteiger partial charge in [-0.1, -0.05) is 13.8 Å². The van der Waals surface area contributed by atoms with Gasteiger partial charge < -0.3 is 21.1 Å². The molecule has 7 nitrogen and oxygen atoms in total. The van der Waals surface area contributed by atoms with E-state index in [4.69, 9.17) is 5.11 Å². The standard InChI is InChI=1S/C14H25N3O4/c1-8(2)7-11(14(20)21)17-12(18)9(3)16-13(19)10-5-4-6-15-10/h8-11,15H,4-7H2,1-3H3,(H,16,19)(H,17,18)(H,20,21)/t9-,10-,11-/m0/s1. The Morgan fingerprint density at radius 1 is 1.24 bits per heavy atom. The molecule has 0 aromatic rings. The average molecular weight is 299 g/mol. The maximum absolute atomic E-state index is 12.0. The van der Waals surface area contributed by atoms with Crippen LogP contribution in [0.4, 0.5) is 0 Å². The van der Waals surface area contributed by atoms with E-state index < -0.39 is 24.0 Å². The second-order valence-electron chi connectivity index (χ2n) is 5.91. The Balaban J connectivity index is 2.48. The number of carbonyl (C=O) groups is 3. The summed E-state index contributed by atoms with van der Waals surface area (Å²) in [6.45, 7) is 6.13. The molecule has 0 aliphatic carbocycles. The lowest BCUT2D eigenvalue weighted by Gasteiger charge is -2.21. The number of amides is 2. The summed E-state index contributed by atoms with van der Waals surface area (Å²) >= 11 is 0. The van der Waals surface area contributed by atoms with Crippen molar-refractivity contribution in [2.75, 3.05) is 6.54 Å². The second kappa shape index (κ2) is 7.97. The van der Waals surface area contributed by atoms with Gasteiger partial charge in [0.05, 0.1) is 6.04 Å². The third-order valence-electron chi connectivity index (χ3n) is 3.45. The first-order valence-electron chi connectivity index (χ1n) is 7.38. The van der Waals surface area contributed by atoms with Crippen molar-refractivity contribution < 1.29 is 19.5 Å². The zero-order chi connectivity index (χ0) is 16.0. The van der Waals surface area contributed by atoms with Crippen molar-refractivity contribution in [1.29, 1.82) is 0 Å². The number of carboxylic acid groups (broad SMARTS) is 1. The Kier molecular flexibility index (Phi) is 6.61. The molecule has 0 aromatic heterocycles. The lowest BCUT2D eigenvalue weighted by molar-refractivity contribution is -0.142. The highest BCUT2D eigenvalue weighted by Crippen LogP contribution is 2.06. The minimum atomic E-state index is -1.06. The fourth-order valence-electron chi connectivity index (χ4n) is 2.28. The third kappa shape index (κ3) is 5.71. The van der Waals surface area contributed by atoms with Gasteiger partial charge in [0, 0.05) is 0 Å². The number of aliphatic carboxylic acids is 1. The van der Waals surface area contributed by atoms with Crippen LogP contribution in [0, 0.1) is 5.92 Å². The zero-order valence-corrected chi connectivity index (χ0v) is 12.8. The summed E-state index contributed by atoms with van der Waals surface area (Å²) in [6.07, 6.45) is 2.05. The number of nitrogens with one attached hydrogen (secondary N) is 3. The summed E-state index contributed by atoms with van der Waals surface area (Å²) < 4.78 is 0. The van der Waals surface area contributed by atoms with Crippen LogP contribution >= 0.6 is 0 Å². The number of carbonyl (C=O) groups excluding carboxylic acids is 2. The van der Waals surface area contributed by atoms with Gasteiger partial charge in [0.2, 0.25) is 11.8 Å². The molecule has 0 radical (unpaired) electrons. The Morgan fingerprint density at radius 3 is 2.38 bits per heavy atom. The van der Waals surface area contributed by atoms with Crippen LogP contribution in [0.25, 0.3) is 0 Å². The lowest BCUT2D eigenvalue weighted by Crippen LogP contribution is -2.53. The van der Waals surface area contributed by atoms with Gasteiger partial charge in [-0.05, 0) is 38.6 Å². The molecular formula is C14H25N3O4. The Hall–Kier alpha value is -1.63. The van der Waals surface area contributed by atoms with Crippen LogP contribution in [0.3, 0.4) is 0 Å². The summed E-state index contributed by atoms with van der Waals surface area (Å²) in [6, 6.07) is -1.94. The van der Waals surface area contributed by atoms with Crippen LogP contribution in [0.15, 0.2) is 0 Å². The monoisotopic (exact) mass is 299 g/mol. The first kappa shape index (κ1) is 17.4. The highest BCUT2D eigenvalue weighted by atomic mass is 16.4. The molecule has 0 aromatic carbocycles. The van der Waals surface area contributed by atoms with Crippen LogP contribution in [0.5, 0.6) is 0 Å². The molecule has 1 aliphatic rings. The van der Waals surface area contributed by atoms with E-state index in [-0.39, 0.29) is 17.9 Å². The highest BCUT2D eigenvalue weighted by molar-refractivity contribution is 5.91. The largest absolute Gasteiger partial charge is 0.480 e. The first-order valence-corrected chi connectivity index (χ1v) is 7.38. The fraction of sp³-hybridized carbons (Fsp3) is 0.786. The van der Waals surface area contributed by atoms with Gasteiger partial charge in [-0.3, -0.25) is 9.59 Å². The molecule has 1 fully saturated rings. The quantitative estimate of drug-likeness (QED) is 0.523. The normalized spacial score (nSPS) is 20.9. The van der Waals surface area contributed by atoms with Crippen molar-refractivity contribution in [3.63, 3.8) is 0 Å². The Bertz CT molecular complexity index is 392. The van der Waals surface area contributed by atoms with E-state index in [0.29, 0.717) is 6.42 Å². The van der Waals surface area contributed by atoms with Crippen LogP contribution in [-0.4, -0.2) is 47.6 Å². The topological polar surface area (TPSA) is 108 Å². The minimum Gasteiger partial charge on any atom is -0.480 e. The third-order valence-corrected chi connectivity index (χ3v) is 3.45. The molecule has 3 atom stereocenters. The van der Waals surface area contributed by atoms with E-state index in [1.165, 1.54) is 0 Å². The van der Waals surface area contributed by atoms with Crippen molar-refractivity contribution in [3.8, 4) is 0 Å². The summed E-state index contributed by atoms with van der Waals surface area (Å²) in [5, 5.41) is 17.2. The van der Waals surface area contributed by atoms with Gasteiger partial charge in [-0.15, -0.1) is 0 Å². The molecule has 4 N–H and O–H groups in total. The van der Waals surface area contributed by atoms with Gasteiger partial charge in [-0.2, -0.15) is 0 Å². The van der Waals surface area contributed by atoms with Gasteiger partial charge in [-0.25, -0.2) is 4.79 Å². The zero-order valence-electron chi connectivity index (χ0n) is 12.8. The van der Waals surface area contributed by atoms with E-state index in [1.807, 2.05) is 13.8 Å². The van der Waals surface area contributed by atoms with Gasteiger partial charge in [0.25, 0.3) is 0 Å². The van der Waals surface area contributed by atoms with Gasteiger partial charge >= 0.3 is 5.97 Å². The fourth-order valence-corrected chi connectivity index (χ4v) is 2.28. The predicted molar refractivity (Wildman–Crippen MR) is 77.7 cm³/mol. The Labute approximate surface area is 124 Å². The molecule has 7 heteroatoms. The molecule has 21 heavy (non-hydrogen) atoms. The van der Waals surface area contributed by atoms with E-state index in [0.717, 1.165) is 19.4 Å². The van der Waals surface area contributed by atoms with Crippen LogP contribution in [0.1, 0.15) is 40.0 Å². The van der Waals surface area contributed by atoms with Crippen LogP contribution < -0.4 is 16.0 Å². The molecule has 0 unspecified atom stereocenters. The van der Waals surface area contributed by atoms with Crippen molar-refractivity contribution in [2.45, 2.75) is 58.2 Å². The van der Waals surface area contributed by atoms with Gasteiger partial charge in [0.15, 0.2) is 0 Å². The second-order valence-corrected chi connectivity index (χ2v) is 5.91. The lowest BCUT2D eigenvalue weighted by atomic mass is 10.0. The van der Waals surface area contributed by atoms with Crippen molar-refractivity contribution >= 4 is 17.8 Å². The smallest absolute Gasteiger partial charge is 0.326 e. The van der Waals surface area contributed by atoms with Crippen molar-refractivity contribution in [2.24, 2.45) is 5.92 Å². The minimum absolute atomic E-state index is 0.152. The molecule has 0 saturated carbocycles. The van der Waals surface area contributed by atoms with Crippen LogP contribution in [-0.2, 0) is 14.4 Å². The summed E-state index contributed by atoms with van der Waals surface area (Å²) in [5.74, 6) is -1.60. The van der Waals surface area contributed by atoms with E-state index in [1.54, 1.807) is 6.92 Å². The number of hydrogen-bond donors (Lipinski definition) is 4. The maximum atomic E-state index is 12.0. The van der Waals surface area contributed by atoms with Crippen molar-refractivity contribution in [1.82, 2.24) is 16.0 Å². The average Bonchev–Trinajstić information content (AvgIpc) is 2.90. The maximum Gasteiger partial charge on any atom is 0.326 e. The molecule has 1 aliphatic heterocycles. The SMILES string of the molecule is CC(C)C[C@H](NC(=O)[C@H](C)NC(=O)[C@@H]1CCCN1)C(=O)O. The number of carboxylic acids is 1. The molecule has 1 saturated heterocycles. The molecule has 0 bridgehead atoms. The highest BCUT2D eigenvalue weighted by Gasteiger charge is 2.27. The molecule has 1 rings (SSSR count). The molecular weight excluding hydrogens is 274 g/mol. The summed E-state index contributed by atoms with van der Waals surface area (Å²) in [5.41, 5.74) is 0. The van der Waals surface area contributed by atoms with Crippen LogP contribution in [0.2, 0.25) is 0 Å². The van der Waals surface area contributed by atoms with E-state index in [2.05, 4.69) is 16.0 Å². The molecule has 120 valence electrons. The molecule has 1 heterocycles. The first-order chi connectivity index (χ1) is 9.81. The van der Waals surface area contributed by atoms with Gasteiger partial charge in [0.1, 0.15) is 12.1 Å². The summed E-state index contributed by atoms with van der Waals surface area (Å²) in [7, 11) is 0. The molecule has 0 spiro atoms. The number of hydrogen-bond acceptors (Lipinski definition) is 4. The summed E-state index contributed by atoms with van der Waals surface area (Å²) in [4.78, 5) is 35.0. The Morgan fingerprint density at radius 2 is 1.90 bits per heavy atom. The number of rotatable bonds is 7.